The SMILES string of the molecule is Cc1ccc(S(=O)(=O)N2CCc3c(sc(NC(=O)c4cc(O)ccc4O)c3C(N)=O)C2)cc1. The van der Waals surface area contributed by atoms with Gasteiger partial charge in [0.1, 0.15) is 16.5 Å². The fourth-order valence-corrected chi connectivity index (χ4v) is 6.42. The zero-order chi connectivity index (χ0) is 23.9. The van der Waals surface area contributed by atoms with E-state index in [0.29, 0.717) is 10.4 Å². The first-order valence-electron chi connectivity index (χ1n) is 9.92. The lowest BCUT2D eigenvalue weighted by Crippen LogP contribution is -2.35. The Morgan fingerprint density at radius 2 is 1.82 bits per heavy atom. The highest BCUT2D eigenvalue weighted by molar-refractivity contribution is 7.89. The molecule has 0 bridgehead atoms. The van der Waals surface area contributed by atoms with Gasteiger partial charge in [0.15, 0.2) is 0 Å². The number of rotatable bonds is 5. The van der Waals surface area contributed by atoms with Crippen LogP contribution in [0.3, 0.4) is 0 Å². The van der Waals surface area contributed by atoms with Crippen LogP contribution in [0.4, 0.5) is 5.00 Å². The van der Waals surface area contributed by atoms with Gasteiger partial charge in [-0.15, -0.1) is 11.3 Å². The largest absolute Gasteiger partial charge is 0.508 e. The number of carbonyl (C=O) groups is 2. The van der Waals surface area contributed by atoms with Crippen LogP contribution < -0.4 is 11.1 Å². The van der Waals surface area contributed by atoms with E-state index in [1.165, 1.54) is 16.4 Å². The second kappa shape index (κ2) is 8.50. The smallest absolute Gasteiger partial charge is 0.260 e. The average Bonchev–Trinajstić information content (AvgIpc) is 3.12. The first-order valence-corrected chi connectivity index (χ1v) is 12.2. The van der Waals surface area contributed by atoms with E-state index in [2.05, 4.69) is 5.32 Å². The molecular formula is C22H21N3O6S2. The summed E-state index contributed by atoms with van der Waals surface area (Å²) in [4.78, 5) is 25.6. The second-order valence-electron chi connectivity index (χ2n) is 7.63. The molecule has 0 aliphatic carbocycles. The Kier molecular flexibility index (Phi) is 5.87. The Labute approximate surface area is 194 Å². The molecule has 4 rings (SSSR count). The number of phenols is 2. The number of hydrogen-bond acceptors (Lipinski definition) is 7. The number of thiophene rings is 1. The van der Waals surface area contributed by atoms with E-state index in [0.717, 1.165) is 23.0 Å². The van der Waals surface area contributed by atoms with Gasteiger partial charge in [-0.25, -0.2) is 8.42 Å². The number of nitrogens with zero attached hydrogens (tertiary/aromatic N) is 1. The van der Waals surface area contributed by atoms with Crippen molar-refractivity contribution in [1.29, 1.82) is 0 Å². The summed E-state index contributed by atoms with van der Waals surface area (Å²) >= 11 is 1.06. The third kappa shape index (κ3) is 4.30. The molecule has 0 unspecified atom stereocenters. The molecule has 1 aliphatic rings. The summed E-state index contributed by atoms with van der Waals surface area (Å²) in [7, 11) is -3.75. The minimum Gasteiger partial charge on any atom is -0.508 e. The monoisotopic (exact) mass is 487 g/mol. The molecular weight excluding hydrogens is 466 g/mol. The third-order valence-corrected chi connectivity index (χ3v) is 8.37. The maximum absolute atomic E-state index is 13.1. The van der Waals surface area contributed by atoms with Crippen molar-refractivity contribution in [2.75, 3.05) is 11.9 Å². The molecule has 5 N–H and O–H groups in total. The second-order valence-corrected chi connectivity index (χ2v) is 10.7. The molecule has 3 aromatic rings. The van der Waals surface area contributed by atoms with Crippen LogP contribution in [0.1, 0.15) is 36.7 Å². The summed E-state index contributed by atoms with van der Waals surface area (Å²) in [5.41, 5.74) is 7.05. The number of carbonyl (C=O) groups excluding carboxylic acids is 2. The molecule has 11 heteroatoms. The molecule has 172 valence electrons. The summed E-state index contributed by atoms with van der Waals surface area (Å²) in [6.07, 6.45) is 0.252. The molecule has 9 nitrogen and oxygen atoms in total. The molecule has 0 atom stereocenters. The predicted octanol–water partition coefficient (Wildman–Crippen LogP) is 2.57. The van der Waals surface area contributed by atoms with Crippen LogP contribution in [0.2, 0.25) is 0 Å². The Bertz CT molecular complexity index is 1360. The van der Waals surface area contributed by atoms with Gasteiger partial charge in [-0.3, -0.25) is 9.59 Å². The molecule has 1 aliphatic heterocycles. The number of sulfonamides is 1. The van der Waals surface area contributed by atoms with Gasteiger partial charge in [0.05, 0.1) is 16.0 Å². The molecule has 2 amide bonds. The van der Waals surface area contributed by atoms with Crippen LogP contribution in [0.15, 0.2) is 47.4 Å². The van der Waals surface area contributed by atoms with Crippen LogP contribution in [-0.4, -0.2) is 41.3 Å². The Hall–Kier alpha value is -3.41. The van der Waals surface area contributed by atoms with Gasteiger partial charge in [-0.05, 0) is 49.2 Å². The van der Waals surface area contributed by atoms with Crippen LogP contribution in [0, 0.1) is 6.92 Å². The van der Waals surface area contributed by atoms with Crippen molar-refractivity contribution in [2.45, 2.75) is 24.8 Å². The summed E-state index contributed by atoms with van der Waals surface area (Å²) < 4.78 is 27.5. The van der Waals surface area contributed by atoms with Crippen LogP contribution in [-0.2, 0) is 23.0 Å². The first kappa shape index (κ1) is 22.8. The summed E-state index contributed by atoms with van der Waals surface area (Å²) in [5.74, 6) is -2.05. The first-order chi connectivity index (χ1) is 15.6. The molecule has 2 aromatic carbocycles. The molecule has 0 fully saturated rings. The number of amides is 2. The quantitative estimate of drug-likeness (QED) is 0.406. The number of anilines is 1. The maximum Gasteiger partial charge on any atom is 0.260 e. The zero-order valence-corrected chi connectivity index (χ0v) is 19.2. The molecule has 0 saturated heterocycles. The van der Waals surface area contributed by atoms with Crippen LogP contribution in [0.5, 0.6) is 11.5 Å². The van der Waals surface area contributed by atoms with Crippen molar-refractivity contribution in [3.05, 3.63) is 69.6 Å². The van der Waals surface area contributed by atoms with Crippen LogP contribution >= 0.6 is 11.3 Å². The number of aromatic hydroxyl groups is 2. The highest BCUT2D eigenvalue weighted by Gasteiger charge is 2.33. The summed E-state index contributed by atoms with van der Waals surface area (Å²) in [5, 5.41) is 22.3. The predicted molar refractivity (Wildman–Crippen MR) is 123 cm³/mol. The lowest BCUT2D eigenvalue weighted by atomic mass is 10.0. The number of fused-ring (bicyclic) bond motifs is 1. The van der Waals surface area contributed by atoms with E-state index in [9.17, 15) is 28.2 Å². The number of nitrogens with two attached hydrogens (primary N) is 1. The van der Waals surface area contributed by atoms with E-state index < -0.39 is 21.8 Å². The third-order valence-electron chi connectivity index (χ3n) is 5.38. The van der Waals surface area contributed by atoms with E-state index >= 15 is 0 Å². The zero-order valence-electron chi connectivity index (χ0n) is 17.5. The van der Waals surface area contributed by atoms with Crippen molar-refractivity contribution in [2.24, 2.45) is 5.73 Å². The molecule has 0 spiro atoms. The fourth-order valence-electron chi connectivity index (χ4n) is 3.67. The van der Waals surface area contributed by atoms with E-state index in [-0.39, 0.29) is 52.0 Å². The summed E-state index contributed by atoms with van der Waals surface area (Å²) in [6, 6.07) is 10.1. The Balaban J connectivity index is 1.65. The van der Waals surface area contributed by atoms with Gasteiger partial charge in [0, 0.05) is 18.0 Å². The molecule has 0 radical (unpaired) electrons. The Morgan fingerprint density at radius 1 is 1.12 bits per heavy atom. The standard InChI is InChI=1S/C22H21N3O6S2/c1-12-2-5-14(6-3-12)33(30,31)25-9-8-15-18(11-25)32-22(19(15)20(23)28)24-21(29)16-10-13(26)4-7-17(16)27/h2-7,10,26-27H,8-9,11H2,1H3,(H2,23,28)(H,24,29). The van der Waals surface area contributed by atoms with Gasteiger partial charge in [0.25, 0.3) is 11.8 Å². The topological polar surface area (TPSA) is 150 Å². The molecule has 2 heterocycles. The van der Waals surface area contributed by atoms with Crippen molar-refractivity contribution in [1.82, 2.24) is 4.31 Å². The van der Waals surface area contributed by atoms with E-state index in [1.54, 1.807) is 24.3 Å². The van der Waals surface area contributed by atoms with E-state index in [4.69, 9.17) is 5.73 Å². The van der Waals surface area contributed by atoms with Crippen molar-refractivity contribution in [3.63, 3.8) is 0 Å². The lowest BCUT2D eigenvalue weighted by molar-refractivity contribution is 0.1000. The molecule has 0 saturated carbocycles. The van der Waals surface area contributed by atoms with Crippen LogP contribution in [0.25, 0.3) is 0 Å². The average molecular weight is 488 g/mol. The Morgan fingerprint density at radius 3 is 2.48 bits per heavy atom. The minimum absolute atomic E-state index is 0.0315. The maximum atomic E-state index is 13.1. The number of aryl methyl sites for hydroxylation is 1. The van der Waals surface area contributed by atoms with Gasteiger partial charge in [-0.2, -0.15) is 4.31 Å². The fraction of sp³-hybridized carbons (Fsp3) is 0.182. The van der Waals surface area contributed by atoms with E-state index in [1.807, 2.05) is 6.92 Å². The number of phenolic OH excluding ortho intramolecular Hbond substituents is 2. The number of nitrogens with one attached hydrogen (secondary N) is 1. The van der Waals surface area contributed by atoms with Crippen molar-refractivity contribution in [3.8, 4) is 11.5 Å². The minimum atomic E-state index is -3.75. The normalized spacial score (nSPS) is 14.0. The van der Waals surface area contributed by atoms with Crippen molar-refractivity contribution >= 4 is 38.2 Å². The number of primary amides is 1. The lowest BCUT2D eigenvalue weighted by Gasteiger charge is -2.26. The van der Waals surface area contributed by atoms with Crippen molar-refractivity contribution < 1.29 is 28.2 Å². The molecule has 1 aromatic heterocycles. The van der Waals surface area contributed by atoms with Gasteiger partial charge in [-0.1, -0.05) is 17.7 Å². The molecule has 33 heavy (non-hydrogen) atoms. The summed E-state index contributed by atoms with van der Waals surface area (Å²) in [6.45, 7) is 2.05. The number of hydrogen-bond donors (Lipinski definition) is 4. The van der Waals surface area contributed by atoms with Gasteiger partial charge in [0.2, 0.25) is 10.0 Å². The number of benzene rings is 2. The highest BCUT2D eigenvalue weighted by atomic mass is 32.2. The van der Waals surface area contributed by atoms with Gasteiger partial charge < -0.3 is 21.3 Å². The van der Waals surface area contributed by atoms with Gasteiger partial charge >= 0.3 is 0 Å². The highest BCUT2D eigenvalue weighted by Crippen LogP contribution is 2.39.